The molecule has 0 unspecified atom stereocenters. The van der Waals surface area contributed by atoms with E-state index in [9.17, 15) is 0 Å². The molecule has 0 atom stereocenters. The summed E-state index contributed by atoms with van der Waals surface area (Å²) in [5.74, 6) is 1.84. The van der Waals surface area contributed by atoms with E-state index in [2.05, 4.69) is 49.9 Å². The number of halogens is 1. The Bertz CT molecular complexity index is 790. The summed E-state index contributed by atoms with van der Waals surface area (Å²) in [6.07, 6.45) is 9.47. The zero-order valence-electron chi connectivity index (χ0n) is 13.0. The van der Waals surface area contributed by atoms with Gasteiger partial charge in [-0.25, -0.2) is 9.36 Å². The third-order valence-corrected chi connectivity index (χ3v) is 4.59. The van der Waals surface area contributed by atoms with Crippen molar-refractivity contribution in [3.63, 3.8) is 0 Å². The minimum atomic E-state index is 0.347. The van der Waals surface area contributed by atoms with Gasteiger partial charge in [0.2, 0.25) is 0 Å². The summed E-state index contributed by atoms with van der Waals surface area (Å²) < 4.78 is 3.90. The van der Waals surface area contributed by atoms with E-state index in [-0.39, 0.29) is 0 Å². The van der Waals surface area contributed by atoms with Crippen LogP contribution >= 0.6 is 15.9 Å². The van der Waals surface area contributed by atoms with E-state index >= 15 is 0 Å². The van der Waals surface area contributed by atoms with E-state index in [0.29, 0.717) is 28.0 Å². The maximum Gasteiger partial charge on any atom is 0.254 e. The first-order chi connectivity index (χ1) is 11.1. The number of anilines is 1. The molecule has 0 aliphatic rings. The smallest absolute Gasteiger partial charge is 0.254 e. The van der Waals surface area contributed by atoms with Crippen molar-refractivity contribution in [2.75, 3.05) is 5.73 Å². The van der Waals surface area contributed by atoms with Crippen molar-refractivity contribution in [2.45, 2.75) is 32.6 Å². The van der Waals surface area contributed by atoms with Crippen LogP contribution in [-0.2, 0) is 0 Å². The molecule has 0 spiro atoms. The van der Waals surface area contributed by atoms with Crippen molar-refractivity contribution in [3.05, 3.63) is 40.9 Å². The van der Waals surface area contributed by atoms with Crippen LogP contribution in [0.15, 0.2) is 35.3 Å². The Balaban J connectivity index is 2.04. The van der Waals surface area contributed by atoms with Crippen molar-refractivity contribution in [2.24, 2.45) is 0 Å². The maximum atomic E-state index is 6.00. The van der Waals surface area contributed by atoms with Crippen molar-refractivity contribution >= 4 is 21.7 Å². The average molecular weight is 376 g/mol. The zero-order valence-corrected chi connectivity index (χ0v) is 14.6. The fraction of sp³-hybridized carbons (Fsp3) is 0.333. The Morgan fingerprint density at radius 2 is 1.96 bits per heavy atom. The Morgan fingerprint density at radius 1 is 1.17 bits per heavy atom. The predicted molar refractivity (Wildman–Crippen MR) is 91.7 cm³/mol. The van der Waals surface area contributed by atoms with Crippen molar-refractivity contribution in [3.8, 4) is 11.8 Å². The molecule has 0 aliphatic heterocycles. The standard InChI is InChI=1S/C15H18BrN7/c1-3-10(4-2)11-8-19-23(9-11)15-20-13(17)12(16)14(21-15)22-7-5-6-18-22/h5-10H,3-4H2,1-2H3,(H2,17,20,21). The van der Waals surface area contributed by atoms with Gasteiger partial charge < -0.3 is 5.73 Å². The molecule has 3 heterocycles. The number of nitrogen functional groups attached to an aromatic ring is 1. The van der Waals surface area contributed by atoms with Crippen LogP contribution in [0.1, 0.15) is 38.2 Å². The third kappa shape index (κ3) is 2.98. The van der Waals surface area contributed by atoms with Crippen LogP contribution in [-0.4, -0.2) is 29.5 Å². The van der Waals surface area contributed by atoms with Gasteiger partial charge in [-0.05, 0) is 46.3 Å². The van der Waals surface area contributed by atoms with Gasteiger partial charge in [0.15, 0.2) is 5.82 Å². The largest absolute Gasteiger partial charge is 0.383 e. The first-order valence-corrected chi connectivity index (χ1v) is 8.31. The van der Waals surface area contributed by atoms with Gasteiger partial charge in [-0.15, -0.1) is 0 Å². The monoisotopic (exact) mass is 375 g/mol. The van der Waals surface area contributed by atoms with Crippen molar-refractivity contribution in [1.29, 1.82) is 0 Å². The minimum Gasteiger partial charge on any atom is -0.383 e. The molecule has 0 saturated carbocycles. The summed E-state index contributed by atoms with van der Waals surface area (Å²) in [6.45, 7) is 4.35. The topological polar surface area (TPSA) is 87.4 Å². The number of aromatic nitrogens is 6. The lowest BCUT2D eigenvalue weighted by Gasteiger charge is -2.09. The first kappa shape index (κ1) is 15.7. The van der Waals surface area contributed by atoms with Crippen LogP contribution in [0, 0.1) is 0 Å². The quantitative estimate of drug-likeness (QED) is 0.739. The molecule has 0 aliphatic carbocycles. The van der Waals surface area contributed by atoms with E-state index in [1.165, 1.54) is 5.56 Å². The fourth-order valence-electron chi connectivity index (χ4n) is 2.51. The van der Waals surface area contributed by atoms with E-state index in [1.54, 1.807) is 21.8 Å². The fourth-order valence-corrected chi connectivity index (χ4v) is 2.86. The normalized spacial score (nSPS) is 11.3. The number of hydrogen-bond acceptors (Lipinski definition) is 5. The second-order valence-electron chi connectivity index (χ2n) is 5.23. The molecule has 0 radical (unpaired) electrons. The molecule has 0 bridgehead atoms. The highest BCUT2D eigenvalue weighted by Gasteiger charge is 2.15. The number of hydrogen-bond donors (Lipinski definition) is 1. The lowest BCUT2D eigenvalue weighted by Crippen LogP contribution is -2.10. The molecular weight excluding hydrogens is 358 g/mol. The lowest BCUT2D eigenvalue weighted by atomic mass is 9.97. The van der Waals surface area contributed by atoms with Gasteiger partial charge in [-0.2, -0.15) is 20.2 Å². The molecule has 0 fully saturated rings. The number of nitrogens with zero attached hydrogens (tertiary/aromatic N) is 6. The molecule has 7 nitrogen and oxygen atoms in total. The number of rotatable bonds is 5. The summed E-state index contributed by atoms with van der Waals surface area (Å²) >= 11 is 3.42. The van der Waals surface area contributed by atoms with Gasteiger partial charge in [0, 0.05) is 18.6 Å². The van der Waals surface area contributed by atoms with E-state index < -0.39 is 0 Å². The van der Waals surface area contributed by atoms with Crippen molar-refractivity contribution in [1.82, 2.24) is 29.5 Å². The van der Waals surface area contributed by atoms with Gasteiger partial charge in [0.25, 0.3) is 5.95 Å². The summed E-state index contributed by atoms with van der Waals surface area (Å²) in [5, 5.41) is 8.58. The van der Waals surface area contributed by atoms with Crippen LogP contribution in [0.3, 0.4) is 0 Å². The van der Waals surface area contributed by atoms with Gasteiger partial charge in [0.1, 0.15) is 10.3 Å². The van der Waals surface area contributed by atoms with Crippen LogP contribution in [0.5, 0.6) is 0 Å². The highest BCUT2D eigenvalue weighted by atomic mass is 79.9. The molecular formula is C15H18BrN7. The molecule has 120 valence electrons. The summed E-state index contributed by atoms with van der Waals surface area (Å²) in [4.78, 5) is 8.85. The average Bonchev–Trinajstić information content (AvgIpc) is 3.23. The molecule has 3 aromatic rings. The second-order valence-corrected chi connectivity index (χ2v) is 6.02. The first-order valence-electron chi connectivity index (χ1n) is 7.52. The third-order valence-electron chi connectivity index (χ3n) is 3.83. The zero-order chi connectivity index (χ0) is 16.4. The highest BCUT2D eigenvalue weighted by molar-refractivity contribution is 9.10. The van der Waals surface area contributed by atoms with Gasteiger partial charge >= 0.3 is 0 Å². The maximum absolute atomic E-state index is 6.00. The summed E-state index contributed by atoms with van der Waals surface area (Å²) in [6, 6.07) is 1.82. The summed E-state index contributed by atoms with van der Waals surface area (Å²) in [5.41, 5.74) is 7.18. The van der Waals surface area contributed by atoms with Crippen LogP contribution in [0.2, 0.25) is 0 Å². The Kier molecular flexibility index (Phi) is 4.42. The second kappa shape index (κ2) is 6.49. The van der Waals surface area contributed by atoms with Gasteiger partial charge in [0.05, 0.1) is 6.20 Å². The molecule has 2 N–H and O–H groups in total. The van der Waals surface area contributed by atoms with Crippen LogP contribution in [0.4, 0.5) is 5.82 Å². The van der Waals surface area contributed by atoms with Crippen LogP contribution in [0.25, 0.3) is 11.8 Å². The molecule has 8 heteroatoms. The van der Waals surface area contributed by atoms with Crippen LogP contribution < -0.4 is 5.73 Å². The summed E-state index contributed by atoms with van der Waals surface area (Å²) in [7, 11) is 0. The Hall–Kier alpha value is -2.22. The molecule has 3 aromatic heterocycles. The molecule has 3 rings (SSSR count). The lowest BCUT2D eigenvalue weighted by molar-refractivity contribution is 0.641. The molecule has 23 heavy (non-hydrogen) atoms. The van der Waals surface area contributed by atoms with Gasteiger partial charge in [-0.3, -0.25) is 0 Å². The van der Waals surface area contributed by atoms with Gasteiger partial charge in [-0.1, -0.05) is 13.8 Å². The number of nitrogens with two attached hydrogens (primary N) is 1. The van der Waals surface area contributed by atoms with E-state index in [0.717, 1.165) is 12.8 Å². The Morgan fingerprint density at radius 3 is 2.61 bits per heavy atom. The van der Waals surface area contributed by atoms with E-state index in [1.807, 2.05) is 18.5 Å². The van der Waals surface area contributed by atoms with Crippen molar-refractivity contribution < 1.29 is 0 Å². The Labute approximate surface area is 142 Å². The van der Waals surface area contributed by atoms with E-state index in [4.69, 9.17) is 5.73 Å². The molecule has 0 aromatic carbocycles. The molecule has 0 saturated heterocycles. The minimum absolute atomic E-state index is 0.347. The SMILES string of the molecule is CCC(CC)c1cnn(-c2nc(N)c(Br)c(-n3cccn3)n2)c1. The molecule has 0 amide bonds. The highest BCUT2D eigenvalue weighted by Crippen LogP contribution is 2.26. The predicted octanol–water partition coefficient (Wildman–Crippen LogP) is 3.10.